The monoisotopic (exact) mass is 360 g/mol. The van der Waals surface area contributed by atoms with Gasteiger partial charge in [0.1, 0.15) is 17.2 Å². The maximum Gasteiger partial charge on any atom is 0.194 e. The van der Waals surface area contributed by atoms with Gasteiger partial charge in [0, 0.05) is 5.56 Å². The van der Waals surface area contributed by atoms with Crippen molar-refractivity contribution in [3.63, 3.8) is 0 Å². The van der Waals surface area contributed by atoms with Gasteiger partial charge in [-0.15, -0.1) is 0 Å². The van der Waals surface area contributed by atoms with Crippen LogP contribution < -0.4 is 0 Å². The lowest BCUT2D eigenvalue weighted by molar-refractivity contribution is -0.151. The van der Waals surface area contributed by atoms with Crippen LogP contribution in [0.1, 0.15) is 17.3 Å². The van der Waals surface area contributed by atoms with Crippen molar-refractivity contribution in [1.82, 2.24) is 0 Å². The summed E-state index contributed by atoms with van der Waals surface area (Å²) in [5, 5.41) is 19.1. The molecule has 0 spiro atoms. The second kappa shape index (κ2) is 5.92. The van der Waals surface area contributed by atoms with Gasteiger partial charge in [-0.25, -0.2) is 4.39 Å². The van der Waals surface area contributed by atoms with Crippen molar-refractivity contribution in [3.8, 4) is 0 Å². The SMILES string of the molecule is CC(=O)[C@@]1(O)[C@@H](C(O)C(=O)c2ccccc2)O[C@H](Br)[C@@H]1F. The lowest BCUT2D eigenvalue weighted by Gasteiger charge is -2.29. The summed E-state index contributed by atoms with van der Waals surface area (Å²) in [6.07, 6.45) is -5.62. The van der Waals surface area contributed by atoms with Gasteiger partial charge in [0.25, 0.3) is 0 Å². The number of halogens is 2. The fraction of sp³-hybridized carbons (Fsp3) is 0.429. The van der Waals surface area contributed by atoms with Crippen molar-refractivity contribution in [2.75, 3.05) is 0 Å². The van der Waals surface area contributed by atoms with Crippen molar-refractivity contribution in [2.24, 2.45) is 0 Å². The molecule has 7 heteroatoms. The van der Waals surface area contributed by atoms with E-state index in [-0.39, 0.29) is 5.56 Å². The van der Waals surface area contributed by atoms with Crippen LogP contribution >= 0.6 is 15.9 Å². The zero-order chi connectivity index (χ0) is 15.8. The van der Waals surface area contributed by atoms with E-state index in [1.807, 2.05) is 0 Å². The first kappa shape index (κ1) is 16.2. The highest BCUT2D eigenvalue weighted by atomic mass is 79.9. The summed E-state index contributed by atoms with van der Waals surface area (Å²) in [5.74, 6) is -1.67. The number of hydrogen-bond donors (Lipinski definition) is 2. The van der Waals surface area contributed by atoms with Crippen LogP contribution in [0.5, 0.6) is 0 Å². The number of ether oxygens (including phenoxy) is 1. The van der Waals surface area contributed by atoms with Crippen LogP contribution in [0.3, 0.4) is 0 Å². The molecule has 1 fully saturated rings. The Balaban J connectivity index is 2.32. The summed E-state index contributed by atoms with van der Waals surface area (Å²) >= 11 is 2.83. The summed E-state index contributed by atoms with van der Waals surface area (Å²) in [5.41, 5.74) is -2.40. The van der Waals surface area contributed by atoms with Crippen molar-refractivity contribution in [2.45, 2.75) is 35.9 Å². The highest BCUT2D eigenvalue weighted by molar-refractivity contribution is 9.09. The Kier molecular flexibility index (Phi) is 4.57. The van der Waals surface area contributed by atoms with E-state index >= 15 is 0 Å². The number of aliphatic hydroxyl groups excluding tert-OH is 1. The number of ketones is 2. The predicted molar refractivity (Wildman–Crippen MR) is 74.9 cm³/mol. The van der Waals surface area contributed by atoms with Crippen LogP contribution in [0.2, 0.25) is 0 Å². The van der Waals surface area contributed by atoms with Crippen LogP contribution in [0.25, 0.3) is 0 Å². The molecule has 5 nitrogen and oxygen atoms in total. The number of carbonyl (C=O) groups is 2. The van der Waals surface area contributed by atoms with E-state index in [9.17, 15) is 24.2 Å². The zero-order valence-electron chi connectivity index (χ0n) is 11.1. The minimum absolute atomic E-state index is 0.174. The molecular formula is C14H14BrFO5. The number of alkyl halides is 2. The molecule has 1 saturated heterocycles. The second-order valence-corrected chi connectivity index (χ2v) is 5.77. The van der Waals surface area contributed by atoms with Gasteiger partial charge in [0.2, 0.25) is 0 Å². The zero-order valence-corrected chi connectivity index (χ0v) is 12.7. The first-order valence-corrected chi connectivity index (χ1v) is 7.16. The van der Waals surface area contributed by atoms with Crippen LogP contribution in [0.4, 0.5) is 4.39 Å². The van der Waals surface area contributed by atoms with Gasteiger partial charge in [-0.1, -0.05) is 46.3 Å². The number of benzene rings is 1. The largest absolute Gasteiger partial charge is 0.382 e. The summed E-state index contributed by atoms with van der Waals surface area (Å²) in [4.78, 5) is 23.7. The average Bonchev–Trinajstić information content (AvgIpc) is 2.72. The summed E-state index contributed by atoms with van der Waals surface area (Å²) in [6, 6.07) is 7.81. The Labute approximate surface area is 128 Å². The number of carbonyl (C=O) groups excluding carboxylic acids is 2. The quantitative estimate of drug-likeness (QED) is 0.618. The Morgan fingerprint density at radius 2 is 1.95 bits per heavy atom. The van der Waals surface area contributed by atoms with E-state index in [0.717, 1.165) is 6.92 Å². The Morgan fingerprint density at radius 3 is 2.48 bits per heavy atom. The topological polar surface area (TPSA) is 83.8 Å². The maximum absolute atomic E-state index is 14.0. The van der Waals surface area contributed by atoms with Crippen molar-refractivity contribution < 1.29 is 28.9 Å². The minimum atomic E-state index is -2.57. The van der Waals surface area contributed by atoms with Crippen LogP contribution in [-0.4, -0.2) is 50.8 Å². The molecule has 0 amide bonds. The molecule has 5 atom stereocenters. The van der Waals surface area contributed by atoms with Crippen molar-refractivity contribution >= 4 is 27.5 Å². The van der Waals surface area contributed by atoms with E-state index in [1.54, 1.807) is 18.2 Å². The molecule has 0 saturated carbocycles. The van der Waals surface area contributed by atoms with Gasteiger partial charge >= 0.3 is 0 Å². The van der Waals surface area contributed by atoms with E-state index in [1.165, 1.54) is 12.1 Å². The second-order valence-electron chi connectivity index (χ2n) is 4.87. The summed E-state index contributed by atoms with van der Waals surface area (Å²) in [6.45, 7) is 0.980. The van der Waals surface area contributed by atoms with Gasteiger partial charge in [0.05, 0.1) is 0 Å². The Hall–Kier alpha value is -1.15. The smallest absolute Gasteiger partial charge is 0.194 e. The number of rotatable bonds is 4. The molecular weight excluding hydrogens is 347 g/mol. The fourth-order valence-electron chi connectivity index (χ4n) is 2.29. The van der Waals surface area contributed by atoms with E-state index < -0.39 is 40.6 Å². The average molecular weight is 361 g/mol. The number of aliphatic hydroxyl groups is 2. The third kappa shape index (κ3) is 2.66. The van der Waals surface area contributed by atoms with Crippen LogP contribution in [-0.2, 0) is 9.53 Å². The molecule has 2 rings (SSSR count). The van der Waals surface area contributed by atoms with E-state index in [2.05, 4.69) is 15.9 Å². The molecule has 0 bridgehead atoms. The molecule has 1 aliphatic rings. The molecule has 21 heavy (non-hydrogen) atoms. The molecule has 1 aliphatic heterocycles. The molecule has 0 aliphatic carbocycles. The van der Waals surface area contributed by atoms with Crippen molar-refractivity contribution in [1.29, 1.82) is 0 Å². The van der Waals surface area contributed by atoms with Gasteiger partial charge in [-0.2, -0.15) is 0 Å². The molecule has 0 aromatic heterocycles. The highest BCUT2D eigenvalue weighted by Crippen LogP contribution is 2.39. The first-order valence-electron chi connectivity index (χ1n) is 6.24. The van der Waals surface area contributed by atoms with Gasteiger partial charge < -0.3 is 14.9 Å². The lowest BCUT2D eigenvalue weighted by Crippen LogP contribution is -2.57. The molecule has 1 heterocycles. The summed E-state index contributed by atoms with van der Waals surface area (Å²) in [7, 11) is 0. The molecule has 1 unspecified atom stereocenters. The molecule has 0 radical (unpaired) electrons. The van der Waals surface area contributed by atoms with Crippen LogP contribution in [0, 0.1) is 0 Å². The Bertz CT molecular complexity index is 552. The first-order chi connectivity index (χ1) is 9.80. The van der Waals surface area contributed by atoms with E-state index in [0.29, 0.717) is 0 Å². The number of Topliss-reactive ketones (excluding diaryl/α,β-unsaturated/α-hetero) is 2. The minimum Gasteiger partial charge on any atom is -0.382 e. The predicted octanol–water partition coefficient (Wildman–Crippen LogP) is 1.01. The standard InChI is InChI=1S/C14H14BrFO5/c1-7(17)14(20)11(16)13(15)21-12(14)10(19)9(18)8-5-3-2-4-6-8/h2-6,10-13,19-20H,1H3/t10?,11-,12+,13-,14-/m0/s1. The maximum atomic E-state index is 14.0. The molecule has 2 N–H and O–H groups in total. The van der Waals surface area contributed by atoms with Gasteiger partial charge in [-0.3, -0.25) is 9.59 Å². The normalized spacial score (nSPS) is 33.7. The van der Waals surface area contributed by atoms with E-state index in [4.69, 9.17) is 4.74 Å². The van der Waals surface area contributed by atoms with Gasteiger partial charge in [0.15, 0.2) is 23.3 Å². The van der Waals surface area contributed by atoms with Crippen molar-refractivity contribution in [3.05, 3.63) is 35.9 Å². The molecule has 1 aromatic rings. The third-order valence-corrected chi connectivity index (χ3v) is 4.22. The summed E-state index contributed by atoms with van der Waals surface area (Å²) < 4.78 is 19.1. The molecule has 1 aromatic carbocycles. The van der Waals surface area contributed by atoms with Gasteiger partial charge in [-0.05, 0) is 6.92 Å². The Morgan fingerprint density at radius 1 is 1.38 bits per heavy atom. The van der Waals surface area contributed by atoms with Crippen LogP contribution in [0.15, 0.2) is 30.3 Å². The highest BCUT2D eigenvalue weighted by Gasteiger charge is 2.62. The third-order valence-electron chi connectivity index (χ3n) is 3.54. The fourth-order valence-corrected chi connectivity index (χ4v) is 2.93. The molecule has 114 valence electrons. The lowest BCUT2D eigenvalue weighted by atomic mass is 9.85. The number of hydrogen-bond acceptors (Lipinski definition) is 5.